The Bertz CT molecular complexity index is 381. The minimum Gasteiger partial charge on any atom is -0.475 e. The zero-order chi connectivity index (χ0) is 10.1. The van der Waals surface area contributed by atoms with Crippen LogP contribution in [0, 0.1) is 5.92 Å². The summed E-state index contributed by atoms with van der Waals surface area (Å²) in [7, 11) is 0. The van der Waals surface area contributed by atoms with E-state index < -0.39 is 11.8 Å². The van der Waals surface area contributed by atoms with Crippen molar-refractivity contribution in [2.75, 3.05) is 0 Å². The van der Waals surface area contributed by atoms with Gasteiger partial charge in [0.2, 0.25) is 0 Å². The third kappa shape index (κ3) is 1.78. The summed E-state index contributed by atoms with van der Waals surface area (Å²) in [6, 6.07) is 0. The fourth-order valence-electron chi connectivity index (χ4n) is 1.17. The lowest BCUT2D eigenvalue weighted by Crippen LogP contribution is -2.13. The molecule has 14 heavy (non-hydrogen) atoms. The summed E-state index contributed by atoms with van der Waals surface area (Å²) >= 11 is 0. The molecule has 0 radical (unpaired) electrons. The molecule has 0 aliphatic heterocycles. The molecule has 74 valence electrons. The molecule has 0 atom stereocenters. The minimum absolute atomic E-state index is 0.0989. The van der Waals surface area contributed by atoms with Crippen molar-refractivity contribution in [1.29, 1.82) is 0 Å². The van der Waals surface area contributed by atoms with E-state index in [9.17, 15) is 9.59 Å². The van der Waals surface area contributed by atoms with Gasteiger partial charge in [-0.05, 0) is 18.8 Å². The van der Waals surface area contributed by atoms with Crippen molar-refractivity contribution in [3.8, 4) is 0 Å². The Hall–Kier alpha value is -1.72. The number of rotatable bonds is 4. The van der Waals surface area contributed by atoms with Gasteiger partial charge in [-0.15, -0.1) is 5.10 Å². The van der Waals surface area contributed by atoms with Gasteiger partial charge in [0.15, 0.2) is 5.69 Å². The van der Waals surface area contributed by atoms with Crippen molar-refractivity contribution in [3.63, 3.8) is 0 Å². The highest BCUT2D eigenvalue weighted by molar-refractivity contribution is 6.39. The Morgan fingerprint density at radius 3 is 2.86 bits per heavy atom. The van der Waals surface area contributed by atoms with Gasteiger partial charge in [0.1, 0.15) is 0 Å². The molecule has 1 aliphatic carbocycles. The summed E-state index contributed by atoms with van der Waals surface area (Å²) in [6.07, 6.45) is 3.72. The molecule has 0 saturated heterocycles. The number of carbonyl (C=O) groups excluding carboxylic acids is 1. The van der Waals surface area contributed by atoms with Gasteiger partial charge >= 0.3 is 5.97 Å². The van der Waals surface area contributed by atoms with E-state index in [1.165, 1.54) is 23.7 Å². The average Bonchev–Trinajstić information content (AvgIpc) is 2.81. The molecule has 0 spiro atoms. The summed E-state index contributed by atoms with van der Waals surface area (Å²) in [5.74, 6) is -1.89. The Morgan fingerprint density at radius 1 is 1.57 bits per heavy atom. The molecule has 0 aromatic carbocycles. The second-order valence-corrected chi connectivity index (χ2v) is 3.40. The van der Waals surface area contributed by atoms with Crippen molar-refractivity contribution in [2.24, 2.45) is 5.92 Å². The van der Waals surface area contributed by atoms with Crippen LogP contribution in [0.1, 0.15) is 23.3 Å². The molecular weight excluding hydrogens is 186 g/mol. The zero-order valence-electron chi connectivity index (χ0n) is 7.38. The lowest BCUT2D eigenvalue weighted by Gasteiger charge is -1.93. The Labute approximate surface area is 79.5 Å². The van der Waals surface area contributed by atoms with Crippen LogP contribution < -0.4 is 0 Å². The highest BCUT2D eigenvalue weighted by Crippen LogP contribution is 2.30. The second-order valence-electron chi connectivity index (χ2n) is 3.40. The number of carboxylic acid groups (broad SMARTS) is 1. The normalized spacial score (nSPS) is 15.4. The molecule has 1 aromatic heterocycles. The summed E-state index contributed by atoms with van der Waals surface area (Å²) in [6.45, 7) is 0.722. The number of hydrogen-bond donors (Lipinski definition) is 1. The van der Waals surface area contributed by atoms with E-state index in [2.05, 4.69) is 10.3 Å². The smallest absolute Gasteiger partial charge is 0.379 e. The van der Waals surface area contributed by atoms with E-state index in [0.29, 0.717) is 5.92 Å². The molecule has 2 rings (SSSR count). The molecule has 1 aromatic rings. The number of carboxylic acids is 1. The van der Waals surface area contributed by atoms with Gasteiger partial charge in [0, 0.05) is 6.54 Å². The minimum atomic E-state index is -1.50. The Morgan fingerprint density at radius 2 is 2.29 bits per heavy atom. The number of nitrogens with zero attached hydrogens (tertiary/aromatic N) is 3. The van der Waals surface area contributed by atoms with Crippen LogP contribution in [0.2, 0.25) is 0 Å². The van der Waals surface area contributed by atoms with Crippen LogP contribution in [-0.2, 0) is 11.3 Å². The molecule has 6 nitrogen and oxygen atoms in total. The van der Waals surface area contributed by atoms with Crippen molar-refractivity contribution >= 4 is 11.8 Å². The van der Waals surface area contributed by atoms with Gasteiger partial charge in [-0.2, -0.15) is 0 Å². The molecular formula is C8H9N3O3. The van der Waals surface area contributed by atoms with E-state index in [0.717, 1.165) is 6.54 Å². The summed E-state index contributed by atoms with van der Waals surface area (Å²) in [5.41, 5.74) is -0.0989. The van der Waals surface area contributed by atoms with Gasteiger partial charge in [0.25, 0.3) is 5.78 Å². The van der Waals surface area contributed by atoms with Gasteiger partial charge < -0.3 is 5.11 Å². The first-order chi connectivity index (χ1) is 6.66. The Kier molecular flexibility index (Phi) is 2.03. The highest BCUT2D eigenvalue weighted by Gasteiger charge is 2.24. The predicted molar refractivity (Wildman–Crippen MR) is 44.7 cm³/mol. The van der Waals surface area contributed by atoms with E-state index in [4.69, 9.17) is 5.11 Å². The van der Waals surface area contributed by atoms with E-state index >= 15 is 0 Å². The molecule has 0 bridgehead atoms. The van der Waals surface area contributed by atoms with Gasteiger partial charge in [-0.25, -0.2) is 4.79 Å². The van der Waals surface area contributed by atoms with E-state index in [1.807, 2.05) is 0 Å². The number of aliphatic carboxylic acids is 1. The summed E-state index contributed by atoms with van der Waals surface area (Å²) in [4.78, 5) is 21.3. The van der Waals surface area contributed by atoms with Crippen LogP contribution in [0.5, 0.6) is 0 Å². The van der Waals surface area contributed by atoms with Crippen LogP contribution >= 0.6 is 0 Å². The third-order valence-corrected chi connectivity index (χ3v) is 2.11. The first kappa shape index (κ1) is 8.86. The Balaban J connectivity index is 2.08. The first-order valence-electron chi connectivity index (χ1n) is 4.34. The summed E-state index contributed by atoms with van der Waals surface area (Å²) in [5, 5.41) is 15.6. The number of ketones is 1. The SMILES string of the molecule is O=C(O)C(=O)c1cn(CC2CC2)nn1. The lowest BCUT2D eigenvalue weighted by molar-refractivity contribution is -0.131. The fourth-order valence-corrected chi connectivity index (χ4v) is 1.17. The molecule has 1 N–H and O–H groups in total. The van der Waals surface area contributed by atoms with Crippen molar-refractivity contribution in [3.05, 3.63) is 11.9 Å². The number of aromatic nitrogens is 3. The third-order valence-electron chi connectivity index (χ3n) is 2.11. The van der Waals surface area contributed by atoms with Crippen LogP contribution in [0.25, 0.3) is 0 Å². The van der Waals surface area contributed by atoms with E-state index in [-0.39, 0.29) is 5.69 Å². The molecule has 0 unspecified atom stereocenters. The molecule has 1 fully saturated rings. The average molecular weight is 195 g/mol. The lowest BCUT2D eigenvalue weighted by atomic mass is 10.3. The zero-order valence-corrected chi connectivity index (χ0v) is 7.38. The fraction of sp³-hybridized carbons (Fsp3) is 0.500. The van der Waals surface area contributed by atoms with Gasteiger partial charge in [-0.1, -0.05) is 5.21 Å². The second kappa shape index (κ2) is 3.21. The topological polar surface area (TPSA) is 85.1 Å². The maximum atomic E-state index is 10.9. The summed E-state index contributed by atoms with van der Waals surface area (Å²) < 4.78 is 1.52. The van der Waals surface area contributed by atoms with Gasteiger partial charge in [0.05, 0.1) is 6.20 Å². The quantitative estimate of drug-likeness (QED) is 0.538. The van der Waals surface area contributed by atoms with E-state index in [1.54, 1.807) is 0 Å². The molecule has 0 amide bonds. The highest BCUT2D eigenvalue weighted by atomic mass is 16.4. The largest absolute Gasteiger partial charge is 0.475 e. The van der Waals surface area contributed by atoms with Crippen molar-refractivity contribution in [1.82, 2.24) is 15.0 Å². The molecule has 1 aliphatic rings. The first-order valence-corrected chi connectivity index (χ1v) is 4.34. The van der Waals surface area contributed by atoms with Crippen molar-refractivity contribution in [2.45, 2.75) is 19.4 Å². The molecule has 6 heteroatoms. The standard InChI is InChI=1S/C8H9N3O3/c12-7(8(13)14)6-4-11(10-9-6)3-5-1-2-5/h4-5H,1-3H2,(H,13,14). The molecule has 1 saturated carbocycles. The van der Waals surface area contributed by atoms with Crippen LogP contribution in [0.3, 0.4) is 0 Å². The number of Topliss-reactive ketones (excluding diaryl/α,β-unsaturated/α-hetero) is 1. The number of hydrogen-bond acceptors (Lipinski definition) is 4. The monoisotopic (exact) mass is 195 g/mol. The number of carbonyl (C=O) groups is 2. The predicted octanol–water partition coefficient (Wildman–Crippen LogP) is -0.0446. The van der Waals surface area contributed by atoms with Crippen molar-refractivity contribution < 1.29 is 14.7 Å². The van der Waals surface area contributed by atoms with Gasteiger partial charge in [-0.3, -0.25) is 9.48 Å². The van der Waals surface area contributed by atoms with Crippen LogP contribution in [-0.4, -0.2) is 31.9 Å². The van der Waals surface area contributed by atoms with Crippen LogP contribution in [0.4, 0.5) is 0 Å². The maximum Gasteiger partial charge on any atom is 0.379 e. The van der Waals surface area contributed by atoms with Crippen LogP contribution in [0.15, 0.2) is 6.20 Å². The maximum absolute atomic E-state index is 10.9. The molecule has 1 heterocycles.